The third kappa shape index (κ3) is 5.32. The van der Waals surface area contributed by atoms with Crippen molar-refractivity contribution in [2.45, 2.75) is 110 Å². The molecule has 5 heterocycles. The van der Waals surface area contributed by atoms with Crippen LogP contribution in [0.3, 0.4) is 0 Å². The molecule has 6 aliphatic rings. The van der Waals surface area contributed by atoms with Crippen LogP contribution in [-0.2, 0) is 5.41 Å². The quantitative estimate of drug-likeness (QED) is 0.156. The first-order valence-electron chi connectivity index (χ1n) is 27.3. The largest absolute Gasteiger partial charge is 0.310 e. The third-order valence-corrected chi connectivity index (χ3v) is 19.7. The average molecular weight is 929 g/mol. The standard InChI is InChI=1S/C69H61BN2/c1-40-18-22-44(23-19-40)60-50-14-11-17-57-64(50)71(62(60)45-24-20-41(2)21-25-45)59-27-26-55-66-61(59)70(57)58-39-47(43-30-34-68(5,6)35-31-43)37-52-51-36-46(42-28-32-67(3,4)33-29-42)38-56(63(51)72(66)65(52)58)69(55)53-15-9-7-12-48(53)49-13-8-10-16-54(49)69/h7-27,36-39,42-43H,28-35H2,1-6H3. The molecule has 3 aliphatic carbocycles. The predicted molar refractivity (Wildman–Crippen MR) is 303 cm³/mol. The topological polar surface area (TPSA) is 9.86 Å². The first-order chi connectivity index (χ1) is 35.0. The van der Waals surface area contributed by atoms with Gasteiger partial charge >= 0.3 is 0 Å². The van der Waals surface area contributed by atoms with Crippen LogP contribution in [0.15, 0.2) is 152 Å². The lowest BCUT2D eigenvalue weighted by atomic mass is 9.33. The molecule has 350 valence electrons. The Bertz CT molecular complexity index is 3960. The smallest absolute Gasteiger partial charge is 0.252 e. The van der Waals surface area contributed by atoms with Gasteiger partial charge in [-0.05, 0) is 178 Å². The summed E-state index contributed by atoms with van der Waals surface area (Å²) in [6.07, 6.45) is 10.1. The minimum Gasteiger partial charge on any atom is -0.310 e. The summed E-state index contributed by atoms with van der Waals surface area (Å²) >= 11 is 0. The van der Waals surface area contributed by atoms with Gasteiger partial charge in [0.15, 0.2) is 0 Å². The fourth-order valence-corrected chi connectivity index (χ4v) is 15.9. The summed E-state index contributed by atoms with van der Waals surface area (Å²) in [6, 6.07) is 61.1. The number of nitrogens with zero attached hydrogens (tertiary/aromatic N) is 2. The van der Waals surface area contributed by atoms with Crippen LogP contribution >= 0.6 is 0 Å². The fraction of sp³-hybridized carbons (Fsp3) is 0.275. The van der Waals surface area contributed by atoms with Crippen LogP contribution in [0.2, 0.25) is 0 Å². The lowest BCUT2D eigenvalue weighted by Gasteiger charge is -2.44. The van der Waals surface area contributed by atoms with Gasteiger partial charge in [0.2, 0.25) is 0 Å². The number of aromatic nitrogens is 2. The van der Waals surface area contributed by atoms with Crippen LogP contribution in [0.1, 0.15) is 135 Å². The van der Waals surface area contributed by atoms with E-state index in [0.717, 1.165) is 0 Å². The van der Waals surface area contributed by atoms with Gasteiger partial charge in [-0.3, -0.25) is 0 Å². The van der Waals surface area contributed by atoms with Crippen molar-refractivity contribution in [1.29, 1.82) is 0 Å². The van der Waals surface area contributed by atoms with Gasteiger partial charge in [-0.2, -0.15) is 0 Å². The highest BCUT2D eigenvalue weighted by molar-refractivity contribution is 7.00. The van der Waals surface area contributed by atoms with Crippen molar-refractivity contribution in [3.63, 3.8) is 0 Å². The van der Waals surface area contributed by atoms with Crippen molar-refractivity contribution in [2.75, 3.05) is 0 Å². The van der Waals surface area contributed by atoms with Gasteiger partial charge in [0.25, 0.3) is 6.71 Å². The molecule has 0 radical (unpaired) electrons. The van der Waals surface area contributed by atoms with E-state index in [9.17, 15) is 0 Å². The Morgan fingerprint density at radius 3 is 1.64 bits per heavy atom. The highest BCUT2D eigenvalue weighted by atomic mass is 15.1. The van der Waals surface area contributed by atoms with Crippen molar-refractivity contribution < 1.29 is 0 Å². The van der Waals surface area contributed by atoms with Gasteiger partial charge in [-0.15, -0.1) is 0 Å². The zero-order valence-electron chi connectivity index (χ0n) is 42.7. The summed E-state index contributed by atoms with van der Waals surface area (Å²) < 4.78 is 5.57. The Hall–Kier alpha value is -6.84. The van der Waals surface area contributed by atoms with Crippen molar-refractivity contribution >= 4 is 55.8 Å². The van der Waals surface area contributed by atoms with E-state index in [1.807, 2.05) is 0 Å². The fourth-order valence-electron chi connectivity index (χ4n) is 15.9. The maximum Gasteiger partial charge on any atom is 0.252 e. The highest BCUT2D eigenvalue weighted by Gasteiger charge is 2.55. The minimum absolute atomic E-state index is 0.0580. The molecule has 0 saturated heterocycles. The first-order valence-corrected chi connectivity index (χ1v) is 27.3. The van der Waals surface area contributed by atoms with E-state index in [1.54, 1.807) is 11.1 Å². The van der Waals surface area contributed by atoms with Crippen molar-refractivity contribution in [3.05, 3.63) is 196 Å². The zero-order chi connectivity index (χ0) is 48.2. The second-order valence-electron chi connectivity index (χ2n) is 24.9. The summed E-state index contributed by atoms with van der Waals surface area (Å²) in [7, 11) is 0. The van der Waals surface area contributed by atoms with Crippen LogP contribution in [-0.4, -0.2) is 15.8 Å². The van der Waals surface area contributed by atoms with Gasteiger partial charge in [0.1, 0.15) is 0 Å². The number of para-hydroxylation sites is 1. The minimum atomic E-state index is -0.500. The zero-order valence-corrected chi connectivity index (χ0v) is 42.7. The Kier molecular flexibility index (Phi) is 8.25. The van der Waals surface area contributed by atoms with Gasteiger partial charge in [-0.1, -0.05) is 172 Å². The normalized spacial score (nSPS) is 18.4. The molecule has 10 aromatic rings. The van der Waals surface area contributed by atoms with Crippen molar-refractivity contribution in [1.82, 2.24) is 9.13 Å². The average Bonchev–Trinajstić information content (AvgIpc) is 4.02. The monoisotopic (exact) mass is 928 g/mol. The molecule has 0 atom stereocenters. The molecule has 3 heteroatoms. The maximum atomic E-state index is 2.84. The number of benzene rings is 8. The number of aryl methyl sites for hydroxylation is 2. The Labute approximate surface area is 424 Å². The molecule has 2 aromatic heterocycles. The number of fused-ring (bicyclic) bond motifs is 11. The van der Waals surface area contributed by atoms with E-state index in [2.05, 4.69) is 202 Å². The molecule has 0 unspecified atom stereocenters. The number of rotatable bonds is 4. The van der Waals surface area contributed by atoms with Gasteiger partial charge in [0.05, 0.1) is 16.6 Å². The molecular formula is C69H61BN2. The molecule has 0 N–H and O–H groups in total. The summed E-state index contributed by atoms with van der Waals surface area (Å²) in [5.41, 5.74) is 30.9. The predicted octanol–water partition coefficient (Wildman–Crippen LogP) is 15.9. The first kappa shape index (κ1) is 41.7. The molecule has 1 spiro atoms. The van der Waals surface area contributed by atoms with Crippen LogP contribution in [0.25, 0.3) is 77.6 Å². The van der Waals surface area contributed by atoms with Gasteiger partial charge in [0, 0.05) is 44.1 Å². The number of hydrogen-bond donors (Lipinski definition) is 0. The van der Waals surface area contributed by atoms with E-state index < -0.39 is 5.41 Å². The molecule has 2 nitrogen and oxygen atoms in total. The van der Waals surface area contributed by atoms with Crippen LogP contribution in [0, 0.1) is 24.7 Å². The molecule has 0 bridgehead atoms. The molecule has 2 fully saturated rings. The lowest BCUT2D eigenvalue weighted by Crippen LogP contribution is -2.60. The van der Waals surface area contributed by atoms with Gasteiger partial charge < -0.3 is 9.13 Å². The number of hydrogen-bond acceptors (Lipinski definition) is 0. The molecule has 3 aliphatic heterocycles. The summed E-state index contributed by atoms with van der Waals surface area (Å²) in [6.45, 7) is 14.4. The van der Waals surface area contributed by atoms with E-state index >= 15 is 0 Å². The lowest BCUT2D eigenvalue weighted by molar-refractivity contribution is 0.224. The summed E-state index contributed by atoms with van der Waals surface area (Å²) in [4.78, 5) is 0. The van der Waals surface area contributed by atoms with Gasteiger partial charge in [-0.25, -0.2) is 0 Å². The van der Waals surface area contributed by atoms with E-state index in [1.165, 1.54) is 179 Å². The molecular weight excluding hydrogens is 868 g/mol. The van der Waals surface area contributed by atoms with Crippen molar-refractivity contribution in [3.8, 4) is 44.9 Å². The summed E-state index contributed by atoms with van der Waals surface area (Å²) in [5, 5.41) is 4.26. The Morgan fingerprint density at radius 1 is 0.458 bits per heavy atom. The van der Waals surface area contributed by atoms with Crippen LogP contribution in [0.4, 0.5) is 0 Å². The van der Waals surface area contributed by atoms with Crippen LogP contribution in [0.5, 0.6) is 0 Å². The van der Waals surface area contributed by atoms with Crippen LogP contribution < -0.4 is 16.4 Å². The second-order valence-corrected chi connectivity index (χ2v) is 24.9. The van der Waals surface area contributed by atoms with E-state index in [4.69, 9.17) is 0 Å². The molecule has 8 aromatic carbocycles. The highest BCUT2D eigenvalue weighted by Crippen LogP contribution is 2.63. The SMILES string of the molecule is Cc1ccc(-c2c(-c3ccc(C)cc3)n3c4c(cccc24)B2c4c-3ccc3c4-n4c5c2cc(C2CCC(C)(C)CC2)cc5c2cc(C5CCC(C)(C)CC5)cc(c24)C32c3ccccc3-c3ccccc32)cc1. The second kappa shape index (κ2) is 14.2. The maximum absolute atomic E-state index is 2.84. The summed E-state index contributed by atoms with van der Waals surface area (Å²) in [5.74, 6) is 1.08. The van der Waals surface area contributed by atoms with E-state index in [-0.39, 0.29) is 6.71 Å². The molecule has 2 saturated carbocycles. The Morgan fingerprint density at radius 2 is 1.01 bits per heavy atom. The van der Waals surface area contributed by atoms with E-state index in [0.29, 0.717) is 22.7 Å². The third-order valence-electron chi connectivity index (χ3n) is 19.7. The molecule has 0 amide bonds. The van der Waals surface area contributed by atoms with Crippen molar-refractivity contribution in [2.24, 2.45) is 10.8 Å². The molecule has 72 heavy (non-hydrogen) atoms. The molecule has 16 rings (SSSR count). The Balaban J connectivity index is 1.10.